The van der Waals surface area contributed by atoms with E-state index in [1.54, 1.807) is 0 Å². The van der Waals surface area contributed by atoms with E-state index in [9.17, 15) is 4.79 Å². The Kier molecular flexibility index (Phi) is 1.94. The Morgan fingerprint density at radius 3 is 2.92 bits per heavy atom. The normalized spacial score (nSPS) is 39.1. The van der Waals surface area contributed by atoms with E-state index in [0.717, 1.165) is 12.8 Å². The molecule has 1 saturated heterocycles. The highest BCUT2D eigenvalue weighted by molar-refractivity contribution is 5.72. The molecule has 2 unspecified atom stereocenters. The average Bonchev–Trinajstić information content (AvgIpc) is 2.43. The lowest BCUT2D eigenvalue weighted by molar-refractivity contribution is -0.137. The van der Waals surface area contributed by atoms with Crippen LogP contribution in [0.4, 0.5) is 0 Å². The first-order valence-electron chi connectivity index (χ1n) is 4.95. The number of rotatable bonds is 0. The Bertz CT molecular complexity index is 267. The Hall–Kier alpha value is -0.790. The van der Waals surface area contributed by atoms with Crippen LogP contribution >= 0.6 is 0 Å². The molecular weight excluding hydrogens is 164 g/mol. The predicted octanol–water partition coefficient (Wildman–Crippen LogP) is 2.30. The smallest absolute Gasteiger partial charge is 0.306 e. The lowest BCUT2D eigenvalue weighted by Gasteiger charge is -2.35. The molecule has 2 aliphatic rings. The molecule has 1 heterocycles. The number of esters is 1. The van der Waals surface area contributed by atoms with Crippen molar-refractivity contribution in [2.24, 2.45) is 11.3 Å². The van der Waals surface area contributed by atoms with Crippen molar-refractivity contribution in [3.63, 3.8) is 0 Å². The minimum absolute atomic E-state index is 0.0141. The van der Waals surface area contributed by atoms with Crippen molar-refractivity contribution in [1.82, 2.24) is 0 Å². The van der Waals surface area contributed by atoms with Crippen molar-refractivity contribution in [1.29, 1.82) is 0 Å². The highest BCUT2D eigenvalue weighted by Gasteiger charge is 2.44. The second kappa shape index (κ2) is 2.86. The summed E-state index contributed by atoms with van der Waals surface area (Å²) in [5.74, 6) is 0.479. The molecule has 0 bridgehead atoms. The van der Waals surface area contributed by atoms with Crippen LogP contribution < -0.4 is 0 Å². The maximum atomic E-state index is 11.1. The maximum absolute atomic E-state index is 11.1. The second-order valence-electron chi connectivity index (χ2n) is 4.50. The molecule has 1 aliphatic heterocycles. The molecule has 0 aromatic rings. The molecule has 0 N–H and O–H groups in total. The van der Waals surface area contributed by atoms with Crippen LogP contribution in [0.5, 0.6) is 0 Å². The molecule has 0 aromatic heterocycles. The number of hydrogen-bond donors (Lipinski definition) is 0. The van der Waals surface area contributed by atoms with E-state index in [1.165, 1.54) is 5.57 Å². The third kappa shape index (κ3) is 1.38. The summed E-state index contributed by atoms with van der Waals surface area (Å²) in [5, 5.41) is 0. The minimum Gasteiger partial charge on any atom is -0.465 e. The molecule has 0 aromatic carbocycles. The van der Waals surface area contributed by atoms with Crippen molar-refractivity contribution in [3.8, 4) is 0 Å². The zero-order valence-electron chi connectivity index (χ0n) is 8.30. The average molecular weight is 180 g/mol. The minimum atomic E-state index is -0.0141. The Balaban J connectivity index is 2.21. The number of carbonyl (C=O) groups excluding carboxylic acids is 1. The first-order valence-corrected chi connectivity index (χ1v) is 4.95. The van der Waals surface area contributed by atoms with Gasteiger partial charge in [0.15, 0.2) is 0 Å². The first-order chi connectivity index (χ1) is 6.12. The number of cyclic esters (lactones) is 1. The number of carbonyl (C=O) groups is 1. The first kappa shape index (κ1) is 8.79. The van der Waals surface area contributed by atoms with E-state index in [1.807, 2.05) is 0 Å². The van der Waals surface area contributed by atoms with Gasteiger partial charge in [-0.15, -0.1) is 0 Å². The van der Waals surface area contributed by atoms with E-state index in [2.05, 4.69) is 19.9 Å². The molecule has 0 amide bonds. The van der Waals surface area contributed by atoms with Gasteiger partial charge in [-0.25, -0.2) is 0 Å². The molecule has 72 valence electrons. The van der Waals surface area contributed by atoms with Gasteiger partial charge >= 0.3 is 5.97 Å². The van der Waals surface area contributed by atoms with Crippen LogP contribution in [0.1, 0.15) is 33.1 Å². The van der Waals surface area contributed by atoms with Gasteiger partial charge < -0.3 is 4.74 Å². The largest absolute Gasteiger partial charge is 0.465 e. The highest BCUT2D eigenvalue weighted by atomic mass is 16.5. The van der Waals surface area contributed by atoms with Gasteiger partial charge in [0.2, 0.25) is 0 Å². The molecule has 1 aliphatic carbocycles. The summed E-state index contributed by atoms with van der Waals surface area (Å²) in [6.07, 6.45) is 5.16. The highest BCUT2D eigenvalue weighted by Crippen LogP contribution is 2.46. The fourth-order valence-corrected chi connectivity index (χ4v) is 2.43. The summed E-state index contributed by atoms with van der Waals surface area (Å²) in [7, 11) is 0. The molecule has 0 radical (unpaired) electrons. The van der Waals surface area contributed by atoms with E-state index in [0.29, 0.717) is 18.9 Å². The maximum Gasteiger partial charge on any atom is 0.306 e. The van der Waals surface area contributed by atoms with E-state index in [-0.39, 0.29) is 11.4 Å². The summed E-state index contributed by atoms with van der Waals surface area (Å²) in [5.41, 5.74) is 1.59. The summed E-state index contributed by atoms with van der Waals surface area (Å²) in [6.45, 7) is 5.00. The van der Waals surface area contributed by atoms with Gasteiger partial charge in [-0.2, -0.15) is 0 Å². The van der Waals surface area contributed by atoms with Crippen LogP contribution in [0, 0.1) is 11.3 Å². The quantitative estimate of drug-likeness (QED) is 0.422. The van der Waals surface area contributed by atoms with E-state index < -0.39 is 0 Å². The summed E-state index contributed by atoms with van der Waals surface area (Å²) < 4.78 is 5.08. The summed E-state index contributed by atoms with van der Waals surface area (Å²) in [4.78, 5) is 11.1. The molecule has 1 fully saturated rings. The second-order valence-corrected chi connectivity index (χ2v) is 4.50. The van der Waals surface area contributed by atoms with Crippen molar-refractivity contribution in [2.45, 2.75) is 33.1 Å². The standard InChI is InChI=1S/C11H16O2/c1-8-3-4-11(9(2)5-8)6-10(12)13-7-11/h5,9H,3-4,6-7H2,1-2H3. The predicted molar refractivity (Wildman–Crippen MR) is 50.2 cm³/mol. The van der Waals surface area contributed by atoms with Gasteiger partial charge in [0.1, 0.15) is 0 Å². The van der Waals surface area contributed by atoms with Crippen LogP contribution in [-0.4, -0.2) is 12.6 Å². The van der Waals surface area contributed by atoms with Gasteiger partial charge in [0, 0.05) is 5.41 Å². The zero-order valence-corrected chi connectivity index (χ0v) is 8.30. The lowest BCUT2D eigenvalue weighted by Crippen LogP contribution is -2.31. The molecule has 0 saturated carbocycles. The fourth-order valence-electron chi connectivity index (χ4n) is 2.43. The molecule has 2 heteroatoms. The van der Waals surface area contributed by atoms with E-state index in [4.69, 9.17) is 4.74 Å². The van der Waals surface area contributed by atoms with Crippen LogP contribution in [0.15, 0.2) is 11.6 Å². The monoisotopic (exact) mass is 180 g/mol. The van der Waals surface area contributed by atoms with Crippen molar-refractivity contribution < 1.29 is 9.53 Å². The third-order valence-corrected chi connectivity index (χ3v) is 3.53. The topological polar surface area (TPSA) is 26.3 Å². The number of ether oxygens (including phenoxy) is 1. The molecule has 13 heavy (non-hydrogen) atoms. The number of hydrogen-bond acceptors (Lipinski definition) is 2. The van der Waals surface area contributed by atoms with Crippen LogP contribution in [0.25, 0.3) is 0 Å². The molecular formula is C11H16O2. The molecule has 2 atom stereocenters. The van der Waals surface area contributed by atoms with Gasteiger partial charge in [0.25, 0.3) is 0 Å². The van der Waals surface area contributed by atoms with Gasteiger partial charge in [-0.1, -0.05) is 18.6 Å². The lowest BCUT2D eigenvalue weighted by atomic mass is 9.68. The SMILES string of the molecule is CC1=CC(C)C2(CC1)COC(=O)C2. The van der Waals surface area contributed by atoms with Crippen molar-refractivity contribution in [2.75, 3.05) is 6.61 Å². The van der Waals surface area contributed by atoms with Gasteiger partial charge in [-0.05, 0) is 25.7 Å². The van der Waals surface area contributed by atoms with Gasteiger partial charge in [-0.3, -0.25) is 4.79 Å². The van der Waals surface area contributed by atoms with Crippen LogP contribution in [-0.2, 0) is 9.53 Å². The zero-order chi connectivity index (χ0) is 9.47. The Labute approximate surface area is 79.0 Å². The fraction of sp³-hybridized carbons (Fsp3) is 0.727. The van der Waals surface area contributed by atoms with Crippen molar-refractivity contribution in [3.05, 3.63) is 11.6 Å². The number of allylic oxidation sites excluding steroid dienone is 2. The third-order valence-electron chi connectivity index (χ3n) is 3.53. The van der Waals surface area contributed by atoms with Crippen LogP contribution in [0.3, 0.4) is 0 Å². The molecule has 2 nitrogen and oxygen atoms in total. The van der Waals surface area contributed by atoms with Gasteiger partial charge in [0.05, 0.1) is 13.0 Å². The van der Waals surface area contributed by atoms with E-state index >= 15 is 0 Å². The molecule has 1 spiro atoms. The Morgan fingerprint density at radius 1 is 1.62 bits per heavy atom. The van der Waals surface area contributed by atoms with Crippen molar-refractivity contribution >= 4 is 5.97 Å². The summed E-state index contributed by atoms with van der Waals surface area (Å²) >= 11 is 0. The van der Waals surface area contributed by atoms with Crippen LogP contribution in [0.2, 0.25) is 0 Å². The molecule has 2 rings (SSSR count). The summed E-state index contributed by atoms with van der Waals surface area (Å²) in [6, 6.07) is 0. The Morgan fingerprint density at radius 2 is 2.38 bits per heavy atom.